The van der Waals surface area contributed by atoms with E-state index in [4.69, 9.17) is 5.11 Å². The number of rotatable bonds is 7. The molecule has 1 N–H and O–H groups in total. The lowest BCUT2D eigenvalue weighted by molar-refractivity contribution is -0.387. The Labute approximate surface area is 116 Å². The Balaban J connectivity index is 3.02. The third kappa shape index (κ3) is 3.99. The van der Waals surface area contributed by atoms with Crippen molar-refractivity contribution in [2.24, 2.45) is 0 Å². The molecule has 0 saturated heterocycles. The monoisotopic (exact) mass is 284 g/mol. The van der Waals surface area contributed by atoms with Crippen molar-refractivity contribution in [3.63, 3.8) is 0 Å². The molecule has 0 aliphatic carbocycles. The highest BCUT2D eigenvalue weighted by atomic mass is 19.1. The summed E-state index contributed by atoms with van der Waals surface area (Å²) in [5.74, 6) is -1.92. The summed E-state index contributed by atoms with van der Waals surface area (Å²) in [5.41, 5.74) is -0.470. The van der Waals surface area contributed by atoms with Crippen molar-refractivity contribution >= 4 is 11.7 Å². The van der Waals surface area contributed by atoms with Crippen molar-refractivity contribution in [2.75, 3.05) is 6.54 Å². The molecular weight excluding hydrogens is 267 g/mol. The highest BCUT2D eigenvalue weighted by Crippen LogP contribution is 2.22. The maximum Gasteiger partial charge on any atom is 0.317 e. The van der Waals surface area contributed by atoms with E-state index in [0.717, 1.165) is 6.07 Å². The fourth-order valence-corrected chi connectivity index (χ4v) is 1.85. The van der Waals surface area contributed by atoms with Gasteiger partial charge in [-0.2, -0.15) is 4.39 Å². The molecule has 0 aliphatic heterocycles. The molecule has 6 nitrogen and oxygen atoms in total. The van der Waals surface area contributed by atoms with Crippen LogP contribution in [0.4, 0.5) is 10.1 Å². The molecule has 0 amide bonds. The first-order chi connectivity index (χ1) is 9.36. The average Bonchev–Trinajstić information content (AvgIpc) is 2.38. The predicted molar refractivity (Wildman–Crippen MR) is 70.9 cm³/mol. The first-order valence-corrected chi connectivity index (χ1v) is 6.24. The van der Waals surface area contributed by atoms with Gasteiger partial charge in [-0.1, -0.05) is 19.1 Å². The second kappa shape index (κ2) is 6.95. The van der Waals surface area contributed by atoms with Crippen molar-refractivity contribution in [3.05, 3.63) is 39.7 Å². The second-order valence-electron chi connectivity index (χ2n) is 4.56. The van der Waals surface area contributed by atoms with Gasteiger partial charge in [-0.25, -0.2) is 0 Å². The minimum Gasteiger partial charge on any atom is -0.480 e. The fourth-order valence-electron chi connectivity index (χ4n) is 1.85. The molecule has 110 valence electrons. The quantitative estimate of drug-likeness (QED) is 0.614. The van der Waals surface area contributed by atoms with E-state index in [0.29, 0.717) is 6.42 Å². The molecule has 0 spiro atoms. The first-order valence-electron chi connectivity index (χ1n) is 6.24. The molecule has 0 bridgehead atoms. The number of carboxylic acids is 1. The van der Waals surface area contributed by atoms with Crippen LogP contribution in [0.15, 0.2) is 18.2 Å². The van der Waals surface area contributed by atoms with E-state index in [2.05, 4.69) is 0 Å². The van der Waals surface area contributed by atoms with Gasteiger partial charge in [0.05, 0.1) is 11.5 Å². The zero-order valence-electron chi connectivity index (χ0n) is 11.4. The molecule has 7 heteroatoms. The van der Waals surface area contributed by atoms with Crippen LogP contribution in [0.3, 0.4) is 0 Å². The van der Waals surface area contributed by atoms with Gasteiger partial charge >= 0.3 is 11.7 Å². The van der Waals surface area contributed by atoms with Crippen LogP contribution in [-0.4, -0.2) is 33.5 Å². The Morgan fingerprint density at radius 3 is 2.70 bits per heavy atom. The number of carboxylic acid groups (broad SMARTS) is 1. The van der Waals surface area contributed by atoms with Crippen LogP contribution in [0.5, 0.6) is 0 Å². The SMILES string of the molecule is CCC(C)N(CC(=O)O)Cc1cccc([N+](=O)[O-])c1F. The summed E-state index contributed by atoms with van der Waals surface area (Å²) in [7, 11) is 0. The topological polar surface area (TPSA) is 83.7 Å². The fraction of sp³-hybridized carbons (Fsp3) is 0.462. The number of nitro benzene ring substituents is 1. The molecule has 0 saturated carbocycles. The number of carbonyl (C=O) groups is 1. The summed E-state index contributed by atoms with van der Waals surface area (Å²) in [6, 6.07) is 3.85. The molecule has 1 unspecified atom stereocenters. The minimum absolute atomic E-state index is 0.0226. The zero-order chi connectivity index (χ0) is 15.3. The molecule has 0 radical (unpaired) electrons. The second-order valence-corrected chi connectivity index (χ2v) is 4.56. The third-order valence-corrected chi connectivity index (χ3v) is 3.18. The van der Waals surface area contributed by atoms with Crippen molar-refractivity contribution in [3.8, 4) is 0 Å². The molecule has 0 heterocycles. The Bertz CT molecular complexity index is 507. The highest BCUT2D eigenvalue weighted by Gasteiger charge is 2.22. The van der Waals surface area contributed by atoms with Crippen LogP contribution in [0.1, 0.15) is 25.8 Å². The number of benzene rings is 1. The number of nitrogens with zero attached hydrogens (tertiary/aromatic N) is 2. The number of hydrogen-bond acceptors (Lipinski definition) is 4. The molecule has 0 aromatic heterocycles. The van der Waals surface area contributed by atoms with E-state index in [9.17, 15) is 19.3 Å². The van der Waals surface area contributed by atoms with Gasteiger partial charge in [-0.15, -0.1) is 0 Å². The molecular formula is C13H17FN2O4. The lowest BCUT2D eigenvalue weighted by Gasteiger charge is -2.26. The van der Waals surface area contributed by atoms with E-state index in [1.54, 1.807) is 4.90 Å². The summed E-state index contributed by atoms with van der Waals surface area (Å²) in [6.45, 7) is 3.51. The van der Waals surface area contributed by atoms with Crippen LogP contribution in [0.2, 0.25) is 0 Å². The van der Waals surface area contributed by atoms with Crippen molar-refractivity contribution in [1.29, 1.82) is 0 Å². The average molecular weight is 284 g/mol. The number of aliphatic carboxylic acids is 1. The van der Waals surface area contributed by atoms with Gasteiger partial charge in [0.2, 0.25) is 5.82 Å². The van der Waals surface area contributed by atoms with E-state index in [-0.39, 0.29) is 24.7 Å². The van der Waals surface area contributed by atoms with Gasteiger partial charge in [0.25, 0.3) is 0 Å². The summed E-state index contributed by atoms with van der Waals surface area (Å²) in [4.78, 5) is 22.3. The van der Waals surface area contributed by atoms with Crippen LogP contribution in [0, 0.1) is 15.9 Å². The van der Waals surface area contributed by atoms with Gasteiger partial charge < -0.3 is 5.11 Å². The maximum absolute atomic E-state index is 14.0. The van der Waals surface area contributed by atoms with Crippen LogP contribution in [-0.2, 0) is 11.3 Å². The zero-order valence-corrected chi connectivity index (χ0v) is 11.4. The maximum atomic E-state index is 14.0. The number of hydrogen-bond donors (Lipinski definition) is 1. The summed E-state index contributed by atoms with van der Waals surface area (Å²) >= 11 is 0. The summed E-state index contributed by atoms with van der Waals surface area (Å²) in [5, 5.41) is 19.6. The molecule has 1 atom stereocenters. The van der Waals surface area contributed by atoms with Gasteiger partial charge in [-0.3, -0.25) is 19.8 Å². The molecule has 0 aliphatic rings. The van der Waals surface area contributed by atoms with Crippen LogP contribution < -0.4 is 0 Å². The summed E-state index contributed by atoms with van der Waals surface area (Å²) < 4.78 is 14.0. The molecule has 1 rings (SSSR count). The van der Waals surface area contributed by atoms with Crippen molar-refractivity contribution in [2.45, 2.75) is 32.9 Å². The van der Waals surface area contributed by atoms with Crippen molar-refractivity contribution in [1.82, 2.24) is 4.90 Å². The van der Waals surface area contributed by atoms with Crippen molar-refractivity contribution < 1.29 is 19.2 Å². The third-order valence-electron chi connectivity index (χ3n) is 3.18. The Morgan fingerprint density at radius 2 is 2.20 bits per heavy atom. The van der Waals surface area contributed by atoms with Gasteiger partial charge in [0.15, 0.2) is 0 Å². The van der Waals surface area contributed by atoms with E-state index in [1.165, 1.54) is 12.1 Å². The van der Waals surface area contributed by atoms with Crippen LogP contribution >= 0.6 is 0 Å². The van der Waals surface area contributed by atoms with Gasteiger partial charge in [-0.05, 0) is 13.3 Å². The smallest absolute Gasteiger partial charge is 0.317 e. The Morgan fingerprint density at radius 1 is 1.55 bits per heavy atom. The summed E-state index contributed by atoms with van der Waals surface area (Å²) in [6.07, 6.45) is 0.698. The highest BCUT2D eigenvalue weighted by molar-refractivity contribution is 5.69. The first kappa shape index (κ1) is 16.0. The lowest BCUT2D eigenvalue weighted by Crippen LogP contribution is -2.36. The lowest BCUT2D eigenvalue weighted by atomic mass is 10.1. The van der Waals surface area contributed by atoms with Gasteiger partial charge in [0, 0.05) is 24.2 Å². The van der Waals surface area contributed by atoms with E-state index < -0.39 is 22.4 Å². The standard InChI is InChI=1S/C13H17FN2O4/c1-3-9(2)15(8-12(17)18)7-10-5-4-6-11(13(10)14)16(19)20/h4-6,9H,3,7-8H2,1-2H3,(H,17,18). The molecule has 0 fully saturated rings. The number of halogens is 1. The molecule has 1 aromatic carbocycles. The van der Waals surface area contributed by atoms with Gasteiger partial charge in [0.1, 0.15) is 0 Å². The normalized spacial score (nSPS) is 12.4. The van der Waals surface area contributed by atoms with E-state index >= 15 is 0 Å². The molecule has 1 aromatic rings. The van der Waals surface area contributed by atoms with Crippen LogP contribution in [0.25, 0.3) is 0 Å². The number of nitro groups is 1. The Hall–Kier alpha value is -2.02. The minimum atomic E-state index is -1.02. The Kier molecular flexibility index (Phi) is 5.57. The largest absolute Gasteiger partial charge is 0.480 e. The van der Waals surface area contributed by atoms with E-state index in [1.807, 2.05) is 13.8 Å². The molecule has 20 heavy (non-hydrogen) atoms. The predicted octanol–water partition coefficient (Wildman–Crippen LogP) is 2.42.